The minimum absolute atomic E-state index is 0.124. The van der Waals surface area contributed by atoms with Crippen molar-refractivity contribution in [1.29, 1.82) is 0 Å². The summed E-state index contributed by atoms with van der Waals surface area (Å²) in [5, 5.41) is 24.3. The molecule has 1 heterocycles. The number of nitrogens with one attached hydrogen (secondary N) is 1. The highest BCUT2D eigenvalue weighted by Gasteiger charge is 2.12. The third kappa shape index (κ3) is 5.30. The Hall–Kier alpha value is -2.87. The van der Waals surface area contributed by atoms with E-state index in [1.165, 1.54) is 28.4 Å². The molecule has 0 atom stereocenters. The number of rotatable bonds is 8. The van der Waals surface area contributed by atoms with Crippen LogP contribution in [0.3, 0.4) is 0 Å². The summed E-state index contributed by atoms with van der Waals surface area (Å²) in [4.78, 5) is 12.2. The van der Waals surface area contributed by atoms with Gasteiger partial charge >= 0.3 is 0 Å². The summed E-state index contributed by atoms with van der Waals surface area (Å²) in [6, 6.07) is 14.5. The molecule has 0 saturated carbocycles. The van der Waals surface area contributed by atoms with Gasteiger partial charge in [0, 0.05) is 5.69 Å². The largest absolute Gasteiger partial charge is 0.508 e. The van der Waals surface area contributed by atoms with E-state index in [2.05, 4.69) is 27.8 Å². The van der Waals surface area contributed by atoms with Crippen molar-refractivity contribution in [3.05, 3.63) is 54.1 Å². The lowest BCUT2D eigenvalue weighted by Gasteiger charge is -2.07. The van der Waals surface area contributed by atoms with E-state index in [1.54, 1.807) is 24.3 Å². The third-order valence-corrected chi connectivity index (χ3v) is 4.84. The summed E-state index contributed by atoms with van der Waals surface area (Å²) >= 11 is 1.25. The number of carbonyl (C=O) groups excluding carboxylic acids is 1. The molecule has 7 nitrogen and oxygen atoms in total. The van der Waals surface area contributed by atoms with E-state index in [4.69, 9.17) is 0 Å². The average Bonchev–Trinajstić information content (AvgIpc) is 3.15. The van der Waals surface area contributed by atoms with Crippen LogP contribution in [0.15, 0.2) is 53.7 Å². The van der Waals surface area contributed by atoms with Crippen LogP contribution < -0.4 is 5.32 Å². The van der Waals surface area contributed by atoms with Crippen LogP contribution in [0.5, 0.6) is 5.75 Å². The van der Waals surface area contributed by atoms with Crippen molar-refractivity contribution in [1.82, 2.24) is 20.2 Å². The lowest BCUT2D eigenvalue weighted by Crippen LogP contribution is -2.14. The van der Waals surface area contributed by atoms with Crippen LogP contribution in [0.4, 0.5) is 5.69 Å². The number of anilines is 1. The molecule has 0 unspecified atom stereocenters. The zero-order chi connectivity index (χ0) is 19.1. The van der Waals surface area contributed by atoms with Gasteiger partial charge in [-0.2, -0.15) is 4.68 Å². The van der Waals surface area contributed by atoms with Gasteiger partial charge in [0.15, 0.2) is 0 Å². The molecule has 0 aliphatic heterocycles. The zero-order valence-corrected chi connectivity index (χ0v) is 15.8. The lowest BCUT2D eigenvalue weighted by atomic mass is 10.1. The van der Waals surface area contributed by atoms with Gasteiger partial charge in [0.25, 0.3) is 0 Å². The Bertz CT molecular complexity index is 878. The summed E-state index contributed by atoms with van der Waals surface area (Å²) < 4.78 is 1.53. The molecule has 140 valence electrons. The van der Waals surface area contributed by atoms with E-state index in [1.807, 2.05) is 24.3 Å². The van der Waals surface area contributed by atoms with Gasteiger partial charge in [-0.25, -0.2) is 0 Å². The van der Waals surface area contributed by atoms with Crippen molar-refractivity contribution in [2.75, 3.05) is 11.1 Å². The molecule has 0 bridgehead atoms. The summed E-state index contributed by atoms with van der Waals surface area (Å²) in [7, 11) is 0. The number of aromatic nitrogens is 4. The van der Waals surface area contributed by atoms with Gasteiger partial charge in [-0.3, -0.25) is 4.79 Å². The Morgan fingerprint density at radius 1 is 1.15 bits per heavy atom. The van der Waals surface area contributed by atoms with E-state index in [0.29, 0.717) is 10.8 Å². The fourth-order valence-corrected chi connectivity index (χ4v) is 3.18. The highest BCUT2D eigenvalue weighted by Crippen LogP contribution is 2.20. The monoisotopic (exact) mass is 383 g/mol. The number of aryl methyl sites for hydroxylation is 1. The van der Waals surface area contributed by atoms with E-state index in [-0.39, 0.29) is 17.4 Å². The number of hydrogen-bond donors (Lipinski definition) is 2. The fourth-order valence-electron chi connectivity index (χ4n) is 2.49. The Balaban J connectivity index is 1.55. The minimum atomic E-state index is -0.124. The quantitative estimate of drug-likeness (QED) is 0.579. The zero-order valence-electron chi connectivity index (χ0n) is 15.0. The summed E-state index contributed by atoms with van der Waals surface area (Å²) in [5.74, 6) is 0.235. The van der Waals surface area contributed by atoms with E-state index < -0.39 is 0 Å². The Kier molecular flexibility index (Phi) is 6.43. The molecule has 3 rings (SSSR count). The molecule has 3 aromatic rings. The summed E-state index contributed by atoms with van der Waals surface area (Å²) in [6.45, 7) is 2.17. The number of aromatic hydroxyl groups is 1. The molecule has 27 heavy (non-hydrogen) atoms. The molecule has 0 radical (unpaired) electrons. The second kappa shape index (κ2) is 9.18. The predicted octanol–water partition coefficient (Wildman–Crippen LogP) is 3.44. The Morgan fingerprint density at radius 2 is 1.89 bits per heavy atom. The maximum atomic E-state index is 12.2. The number of unbranched alkanes of at least 4 members (excludes halogenated alkanes) is 1. The molecule has 0 fully saturated rings. The van der Waals surface area contributed by atoms with Gasteiger partial charge in [0.05, 0.1) is 11.4 Å². The maximum Gasteiger partial charge on any atom is 0.234 e. The number of benzene rings is 2. The van der Waals surface area contributed by atoms with Crippen LogP contribution in [0, 0.1) is 0 Å². The molecule has 0 spiro atoms. The Labute approximate surface area is 161 Å². The number of nitrogens with zero attached hydrogens (tertiary/aromatic N) is 4. The van der Waals surface area contributed by atoms with Gasteiger partial charge in [-0.1, -0.05) is 37.2 Å². The van der Waals surface area contributed by atoms with Gasteiger partial charge in [-0.05, 0) is 65.2 Å². The fraction of sp³-hybridized carbons (Fsp3) is 0.263. The summed E-state index contributed by atoms with van der Waals surface area (Å²) in [6.07, 6.45) is 3.39. The van der Waals surface area contributed by atoms with Crippen molar-refractivity contribution in [2.45, 2.75) is 31.3 Å². The van der Waals surface area contributed by atoms with E-state index in [9.17, 15) is 9.90 Å². The van der Waals surface area contributed by atoms with Gasteiger partial charge < -0.3 is 10.4 Å². The molecular weight excluding hydrogens is 362 g/mol. The van der Waals surface area contributed by atoms with Gasteiger partial charge in [-0.15, -0.1) is 5.10 Å². The van der Waals surface area contributed by atoms with Gasteiger partial charge in [0.2, 0.25) is 11.1 Å². The smallest absolute Gasteiger partial charge is 0.234 e. The number of tetrazole rings is 1. The highest BCUT2D eigenvalue weighted by molar-refractivity contribution is 7.99. The van der Waals surface area contributed by atoms with Crippen LogP contribution in [-0.2, 0) is 11.2 Å². The van der Waals surface area contributed by atoms with Gasteiger partial charge in [0.1, 0.15) is 5.75 Å². The van der Waals surface area contributed by atoms with E-state index in [0.717, 1.165) is 18.5 Å². The number of hydrogen-bond acceptors (Lipinski definition) is 6. The number of phenols is 1. The second-order valence-electron chi connectivity index (χ2n) is 6.03. The first kappa shape index (κ1) is 18.9. The van der Waals surface area contributed by atoms with Crippen molar-refractivity contribution in [3.63, 3.8) is 0 Å². The maximum absolute atomic E-state index is 12.2. The molecule has 0 saturated heterocycles. The standard InChI is InChI=1S/C19H21N5O2S/c1-2-3-4-14-5-7-15(8-6-14)20-18(26)13-27-19-21-22-23-24(19)16-9-11-17(25)12-10-16/h5-12,25H,2-4,13H2,1H3,(H,20,26). The van der Waals surface area contributed by atoms with Crippen molar-refractivity contribution >= 4 is 23.4 Å². The number of thioether (sulfide) groups is 1. The SMILES string of the molecule is CCCCc1ccc(NC(=O)CSc2nnnn2-c2ccc(O)cc2)cc1. The van der Waals surface area contributed by atoms with Crippen molar-refractivity contribution < 1.29 is 9.90 Å². The summed E-state index contributed by atoms with van der Waals surface area (Å²) in [5.41, 5.74) is 2.76. The molecule has 1 amide bonds. The first-order valence-corrected chi connectivity index (χ1v) is 9.73. The molecule has 2 N–H and O–H groups in total. The van der Waals surface area contributed by atoms with Crippen molar-refractivity contribution in [2.24, 2.45) is 0 Å². The topological polar surface area (TPSA) is 92.9 Å². The van der Waals surface area contributed by atoms with Crippen LogP contribution in [0.2, 0.25) is 0 Å². The van der Waals surface area contributed by atoms with Crippen LogP contribution in [-0.4, -0.2) is 37.0 Å². The highest BCUT2D eigenvalue weighted by atomic mass is 32.2. The Morgan fingerprint density at radius 3 is 2.59 bits per heavy atom. The molecule has 0 aliphatic carbocycles. The second-order valence-corrected chi connectivity index (χ2v) is 6.97. The van der Waals surface area contributed by atoms with Crippen LogP contribution in [0.25, 0.3) is 5.69 Å². The van der Waals surface area contributed by atoms with E-state index >= 15 is 0 Å². The number of phenolic OH excluding ortho intramolecular Hbond substituents is 1. The molecule has 8 heteroatoms. The first-order chi connectivity index (χ1) is 13.2. The lowest BCUT2D eigenvalue weighted by molar-refractivity contribution is -0.113. The normalized spacial score (nSPS) is 10.7. The average molecular weight is 383 g/mol. The number of carbonyl (C=O) groups is 1. The molecule has 0 aliphatic rings. The molecule has 1 aromatic heterocycles. The molecular formula is C19H21N5O2S. The van der Waals surface area contributed by atoms with Crippen LogP contribution >= 0.6 is 11.8 Å². The number of amides is 1. The third-order valence-electron chi connectivity index (χ3n) is 3.92. The minimum Gasteiger partial charge on any atom is -0.508 e. The first-order valence-electron chi connectivity index (χ1n) is 8.75. The van der Waals surface area contributed by atoms with Crippen molar-refractivity contribution in [3.8, 4) is 11.4 Å². The molecule has 2 aromatic carbocycles. The van der Waals surface area contributed by atoms with Crippen LogP contribution in [0.1, 0.15) is 25.3 Å². The predicted molar refractivity (Wildman–Crippen MR) is 105 cm³/mol.